The maximum atomic E-state index is 12.1. The van der Waals surface area contributed by atoms with Crippen LogP contribution in [0.3, 0.4) is 0 Å². The van der Waals surface area contributed by atoms with Gasteiger partial charge in [0.1, 0.15) is 11.5 Å². The molecule has 6 heteroatoms. The quantitative estimate of drug-likeness (QED) is 0.878. The molecule has 0 spiro atoms. The molecule has 1 saturated heterocycles. The first kappa shape index (κ1) is 16.7. The highest BCUT2D eigenvalue weighted by atomic mass is 16.5. The van der Waals surface area contributed by atoms with E-state index in [4.69, 9.17) is 9.15 Å². The average molecular weight is 329 g/mol. The molecule has 0 aliphatic carbocycles. The number of rotatable bonds is 6. The number of hydrogen-bond acceptors (Lipinski definition) is 5. The first-order valence-electron chi connectivity index (χ1n) is 8.28. The van der Waals surface area contributed by atoms with Gasteiger partial charge < -0.3 is 14.5 Å². The maximum Gasteiger partial charge on any atom is 0.270 e. The lowest BCUT2D eigenvalue weighted by atomic mass is 10.2. The number of aromatic nitrogens is 1. The van der Waals surface area contributed by atoms with Crippen molar-refractivity contribution in [3.8, 4) is 0 Å². The summed E-state index contributed by atoms with van der Waals surface area (Å²) in [6.07, 6.45) is 4.24. The van der Waals surface area contributed by atoms with Crippen LogP contribution in [0.5, 0.6) is 0 Å². The molecular formula is C18H23N3O3. The van der Waals surface area contributed by atoms with Gasteiger partial charge in [0, 0.05) is 25.8 Å². The summed E-state index contributed by atoms with van der Waals surface area (Å²) in [5, 5.41) is 2.93. The molecule has 0 radical (unpaired) electrons. The molecule has 1 N–H and O–H groups in total. The van der Waals surface area contributed by atoms with Crippen molar-refractivity contribution in [2.75, 3.05) is 26.2 Å². The second-order valence-electron chi connectivity index (χ2n) is 6.02. The largest absolute Gasteiger partial charge is 0.468 e. The van der Waals surface area contributed by atoms with E-state index in [0.29, 0.717) is 18.8 Å². The molecule has 0 saturated carbocycles. The number of amides is 1. The zero-order valence-electron chi connectivity index (χ0n) is 13.9. The van der Waals surface area contributed by atoms with Gasteiger partial charge in [-0.15, -0.1) is 0 Å². The molecule has 1 fully saturated rings. The topological polar surface area (TPSA) is 67.6 Å². The number of ether oxygens (including phenoxy) is 1. The number of aryl methyl sites for hydroxylation is 1. The third kappa shape index (κ3) is 4.43. The van der Waals surface area contributed by atoms with E-state index < -0.39 is 0 Å². The van der Waals surface area contributed by atoms with E-state index in [2.05, 4.69) is 15.2 Å². The molecule has 2 aromatic rings. The minimum Gasteiger partial charge on any atom is -0.468 e. The Balaban J connectivity index is 1.43. The molecule has 1 atom stereocenters. The third-order valence-electron chi connectivity index (χ3n) is 4.16. The number of furan rings is 1. The summed E-state index contributed by atoms with van der Waals surface area (Å²) in [6, 6.07) is 7.61. The fourth-order valence-corrected chi connectivity index (χ4v) is 2.88. The zero-order chi connectivity index (χ0) is 16.8. The summed E-state index contributed by atoms with van der Waals surface area (Å²) < 4.78 is 11.2. The van der Waals surface area contributed by atoms with Crippen LogP contribution in [0.4, 0.5) is 0 Å². The average Bonchev–Trinajstić information content (AvgIpc) is 3.08. The lowest BCUT2D eigenvalue weighted by molar-refractivity contribution is -0.0359. The molecule has 24 heavy (non-hydrogen) atoms. The summed E-state index contributed by atoms with van der Waals surface area (Å²) in [4.78, 5) is 18.6. The van der Waals surface area contributed by atoms with E-state index >= 15 is 0 Å². The van der Waals surface area contributed by atoms with Crippen LogP contribution in [0.25, 0.3) is 0 Å². The number of nitrogens with zero attached hydrogens (tertiary/aromatic N) is 2. The van der Waals surface area contributed by atoms with Gasteiger partial charge in [-0.1, -0.05) is 6.07 Å². The van der Waals surface area contributed by atoms with Gasteiger partial charge in [0.2, 0.25) is 0 Å². The monoisotopic (exact) mass is 329 g/mol. The molecule has 0 unspecified atom stereocenters. The number of nitrogens with one attached hydrogen (secondary N) is 1. The molecule has 1 aliphatic rings. The molecule has 0 bridgehead atoms. The number of hydrogen-bond donors (Lipinski definition) is 1. The Morgan fingerprint density at radius 2 is 2.33 bits per heavy atom. The van der Waals surface area contributed by atoms with Gasteiger partial charge in [-0.2, -0.15) is 0 Å². The predicted molar refractivity (Wildman–Crippen MR) is 89.6 cm³/mol. The van der Waals surface area contributed by atoms with Gasteiger partial charge in [0.25, 0.3) is 5.91 Å². The van der Waals surface area contributed by atoms with Crippen LogP contribution in [-0.2, 0) is 11.3 Å². The molecule has 1 amide bonds. The smallest absolute Gasteiger partial charge is 0.270 e. The molecule has 3 heterocycles. The molecular weight excluding hydrogens is 306 g/mol. The normalized spacial score (nSPS) is 18.5. The number of pyridine rings is 1. The van der Waals surface area contributed by atoms with Gasteiger partial charge in [-0.05, 0) is 37.1 Å². The fraction of sp³-hybridized carbons (Fsp3) is 0.444. The van der Waals surface area contributed by atoms with E-state index in [1.807, 2.05) is 31.2 Å². The number of carbonyl (C=O) groups excluding carboxylic acids is 1. The van der Waals surface area contributed by atoms with Crippen LogP contribution in [0.15, 0.2) is 41.1 Å². The van der Waals surface area contributed by atoms with Crippen LogP contribution in [-0.4, -0.2) is 48.1 Å². The minimum absolute atomic E-state index is 0.124. The Morgan fingerprint density at radius 3 is 3.12 bits per heavy atom. The van der Waals surface area contributed by atoms with Crippen molar-refractivity contribution >= 4 is 5.91 Å². The predicted octanol–water partition coefficient (Wildman–Crippen LogP) is 2.00. The zero-order valence-corrected chi connectivity index (χ0v) is 13.9. The van der Waals surface area contributed by atoms with E-state index in [1.54, 1.807) is 12.5 Å². The van der Waals surface area contributed by atoms with Gasteiger partial charge >= 0.3 is 0 Å². The van der Waals surface area contributed by atoms with Gasteiger partial charge in [-0.3, -0.25) is 14.7 Å². The third-order valence-corrected chi connectivity index (χ3v) is 4.16. The van der Waals surface area contributed by atoms with Crippen molar-refractivity contribution in [1.82, 2.24) is 15.2 Å². The highest BCUT2D eigenvalue weighted by Gasteiger charge is 2.21. The van der Waals surface area contributed by atoms with Crippen molar-refractivity contribution in [1.29, 1.82) is 0 Å². The summed E-state index contributed by atoms with van der Waals surface area (Å²) in [7, 11) is 0. The van der Waals surface area contributed by atoms with Crippen LogP contribution >= 0.6 is 0 Å². The van der Waals surface area contributed by atoms with E-state index in [1.165, 1.54) is 0 Å². The lowest BCUT2D eigenvalue weighted by Crippen LogP contribution is -2.43. The molecule has 6 nitrogen and oxygen atoms in total. The molecule has 1 aliphatic heterocycles. The Hall–Kier alpha value is -2.18. The lowest BCUT2D eigenvalue weighted by Gasteiger charge is -2.32. The van der Waals surface area contributed by atoms with E-state index in [9.17, 15) is 4.79 Å². The molecule has 3 rings (SSSR count). The van der Waals surface area contributed by atoms with Crippen molar-refractivity contribution in [3.05, 3.63) is 53.7 Å². The second kappa shape index (κ2) is 8.08. The molecule has 2 aromatic heterocycles. The number of morpholine rings is 1. The van der Waals surface area contributed by atoms with Crippen molar-refractivity contribution in [2.45, 2.75) is 26.0 Å². The Kier molecular flexibility index (Phi) is 5.61. The Morgan fingerprint density at radius 1 is 1.42 bits per heavy atom. The second-order valence-corrected chi connectivity index (χ2v) is 6.02. The van der Waals surface area contributed by atoms with Gasteiger partial charge in [-0.25, -0.2) is 0 Å². The van der Waals surface area contributed by atoms with Crippen molar-refractivity contribution in [3.63, 3.8) is 0 Å². The molecule has 0 aromatic carbocycles. The minimum atomic E-state index is -0.128. The highest BCUT2D eigenvalue weighted by molar-refractivity contribution is 5.93. The summed E-state index contributed by atoms with van der Waals surface area (Å²) >= 11 is 0. The van der Waals surface area contributed by atoms with Crippen LogP contribution < -0.4 is 5.32 Å². The van der Waals surface area contributed by atoms with Gasteiger partial charge in [0.15, 0.2) is 0 Å². The molecule has 128 valence electrons. The first-order valence-corrected chi connectivity index (χ1v) is 8.28. The van der Waals surface area contributed by atoms with Crippen molar-refractivity contribution in [2.24, 2.45) is 0 Å². The van der Waals surface area contributed by atoms with Gasteiger partial charge in [0.05, 0.1) is 25.5 Å². The maximum absolute atomic E-state index is 12.1. The fourth-order valence-electron chi connectivity index (χ4n) is 2.88. The van der Waals surface area contributed by atoms with Crippen LogP contribution in [0.2, 0.25) is 0 Å². The number of carbonyl (C=O) groups is 1. The van der Waals surface area contributed by atoms with E-state index in [0.717, 1.165) is 37.4 Å². The Labute approximate surface area is 141 Å². The summed E-state index contributed by atoms with van der Waals surface area (Å²) in [5.41, 5.74) is 1.37. The van der Waals surface area contributed by atoms with Crippen molar-refractivity contribution < 1.29 is 13.9 Å². The summed E-state index contributed by atoms with van der Waals surface area (Å²) in [5.74, 6) is 0.839. The highest BCUT2D eigenvalue weighted by Crippen LogP contribution is 2.12. The SMILES string of the molecule is Cc1cccnc1C(=O)NCC[C@H]1CN(Cc2ccco2)CCO1. The first-order chi connectivity index (χ1) is 11.7. The van der Waals surface area contributed by atoms with Crippen LogP contribution in [0.1, 0.15) is 28.2 Å². The van der Waals surface area contributed by atoms with E-state index in [-0.39, 0.29) is 12.0 Å². The standard InChI is InChI=1S/C18H23N3O3/c1-14-4-2-7-19-17(14)18(22)20-8-6-16-13-21(9-11-24-16)12-15-5-3-10-23-15/h2-5,7,10,16H,6,8-9,11-13H2,1H3,(H,20,22)/t16-/m0/s1. The van der Waals surface area contributed by atoms with Crippen LogP contribution in [0, 0.1) is 6.92 Å². The Bertz CT molecular complexity index is 657. The summed E-state index contributed by atoms with van der Waals surface area (Å²) in [6.45, 7) is 5.72.